The van der Waals surface area contributed by atoms with Gasteiger partial charge in [0.25, 0.3) is 0 Å². The highest BCUT2D eigenvalue weighted by atomic mass is 16.5. The van der Waals surface area contributed by atoms with Crippen LogP contribution < -0.4 is 0 Å². The van der Waals surface area contributed by atoms with E-state index in [9.17, 15) is 4.79 Å². The van der Waals surface area contributed by atoms with Gasteiger partial charge < -0.3 is 9.64 Å². The second kappa shape index (κ2) is 7.19. The van der Waals surface area contributed by atoms with Gasteiger partial charge in [0.2, 0.25) is 5.91 Å². The van der Waals surface area contributed by atoms with Crippen molar-refractivity contribution in [1.29, 1.82) is 0 Å². The first-order chi connectivity index (χ1) is 11.8. The van der Waals surface area contributed by atoms with Gasteiger partial charge >= 0.3 is 0 Å². The summed E-state index contributed by atoms with van der Waals surface area (Å²) in [5.74, 6) is 0.278. The molecule has 0 N–H and O–H groups in total. The van der Waals surface area contributed by atoms with E-state index in [4.69, 9.17) is 4.74 Å². The van der Waals surface area contributed by atoms with Crippen LogP contribution in [0.1, 0.15) is 38.5 Å². The third-order valence-corrected chi connectivity index (χ3v) is 5.75. The Bertz CT molecular complexity index is 547. The van der Waals surface area contributed by atoms with Crippen LogP contribution in [-0.2, 0) is 16.1 Å². The molecule has 0 radical (unpaired) electrons. The fourth-order valence-electron chi connectivity index (χ4n) is 4.52. The van der Waals surface area contributed by atoms with E-state index in [1.807, 2.05) is 4.68 Å². The number of rotatable bonds is 4. The minimum atomic E-state index is 0.265. The maximum Gasteiger partial charge on any atom is 0.237 e. The summed E-state index contributed by atoms with van der Waals surface area (Å²) in [7, 11) is 0. The number of nitrogens with zero attached hydrogens (tertiary/aromatic N) is 5. The molecule has 1 saturated carbocycles. The van der Waals surface area contributed by atoms with Crippen molar-refractivity contribution in [1.82, 2.24) is 24.6 Å². The SMILES string of the molecule is O=C(CN1CCC[C@@H]1Cn1cncn1)N1CCO[C@@H]2CCCC[C@@H]21. The molecule has 0 unspecified atom stereocenters. The fourth-order valence-corrected chi connectivity index (χ4v) is 4.52. The Hall–Kier alpha value is -1.47. The largest absolute Gasteiger partial charge is 0.374 e. The number of aromatic nitrogens is 3. The van der Waals surface area contributed by atoms with Crippen LogP contribution in [0.5, 0.6) is 0 Å². The van der Waals surface area contributed by atoms with Gasteiger partial charge in [-0.1, -0.05) is 12.8 Å². The highest BCUT2D eigenvalue weighted by Crippen LogP contribution is 2.29. The van der Waals surface area contributed by atoms with Gasteiger partial charge in [0, 0.05) is 12.6 Å². The number of amides is 1. The summed E-state index contributed by atoms with van der Waals surface area (Å²) < 4.78 is 7.77. The second-order valence-electron chi connectivity index (χ2n) is 7.23. The Morgan fingerprint density at radius 1 is 1.17 bits per heavy atom. The molecule has 4 rings (SSSR count). The van der Waals surface area contributed by atoms with Gasteiger partial charge in [0.1, 0.15) is 12.7 Å². The number of morpholine rings is 1. The molecule has 0 spiro atoms. The van der Waals surface area contributed by atoms with Gasteiger partial charge in [-0.05, 0) is 32.2 Å². The van der Waals surface area contributed by atoms with Crippen molar-refractivity contribution in [3.05, 3.63) is 12.7 Å². The average molecular weight is 333 g/mol. The molecule has 7 heteroatoms. The van der Waals surface area contributed by atoms with E-state index < -0.39 is 0 Å². The molecule has 1 aromatic rings. The van der Waals surface area contributed by atoms with Crippen molar-refractivity contribution >= 4 is 5.91 Å². The number of fused-ring (bicyclic) bond motifs is 1. The number of carbonyl (C=O) groups is 1. The molecule has 2 aliphatic heterocycles. The molecular weight excluding hydrogens is 306 g/mol. The quantitative estimate of drug-likeness (QED) is 0.820. The van der Waals surface area contributed by atoms with E-state index in [2.05, 4.69) is 19.9 Å². The van der Waals surface area contributed by atoms with E-state index in [-0.39, 0.29) is 12.0 Å². The van der Waals surface area contributed by atoms with Crippen LogP contribution in [-0.4, -0.2) is 74.9 Å². The standard InChI is InChI=1S/C17H27N5O2/c23-17(22-8-9-24-16-6-2-1-5-15(16)22)11-20-7-3-4-14(20)10-21-13-18-12-19-21/h12-16H,1-11H2/t14-,15+,16-/m1/s1. The summed E-state index contributed by atoms with van der Waals surface area (Å²) in [5.41, 5.74) is 0. The van der Waals surface area contributed by atoms with E-state index in [1.165, 1.54) is 12.8 Å². The van der Waals surface area contributed by atoms with Crippen LogP contribution >= 0.6 is 0 Å². The Morgan fingerprint density at radius 3 is 2.96 bits per heavy atom. The smallest absolute Gasteiger partial charge is 0.237 e. The third kappa shape index (κ3) is 3.32. The minimum absolute atomic E-state index is 0.265. The van der Waals surface area contributed by atoms with E-state index in [0.29, 0.717) is 25.2 Å². The normalized spacial score (nSPS) is 31.2. The van der Waals surface area contributed by atoms with Crippen molar-refractivity contribution in [2.45, 2.75) is 63.3 Å². The van der Waals surface area contributed by atoms with Crippen LogP contribution in [0.15, 0.2) is 12.7 Å². The second-order valence-corrected chi connectivity index (χ2v) is 7.23. The summed E-state index contributed by atoms with van der Waals surface area (Å²) in [6.07, 6.45) is 10.5. The highest BCUT2D eigenvalue weighted by molar-refractivity contribution is 5.79. The lowest BCUT2D eigenvalue weighted by atomic mass is 9.90. The van der Waals surface area contributed by atoms with Crippen LogP contribution in [0.2, 0.25) is 0 Å². The first kappa shape index (κ1) is 16.0. The predicted octanol–water partition coefficient (Wildman–Crippen LogP) is 0.912. The summed E-state index contributed by atoms with van der Waals surface area (Å²) in [6.45, 7) is 3.80. The van der Waals surface area contributed by atoms with Crippen molar-refractivity contribution in [2.75, 3.05) is 26.2 Å². The van der Waals surface area contributed by atoms with Crippen molar-refractivity contribution in [3.8, 4) is 0 Å². The molecular formula is C17H27N5O2. The van der Waals surface area contributed by atoms with Gasteiger partial charge in [-0.3, -0.25) is 14.4 Å². The van der Waals surface area contributed by atoms with Crippen LogP contribution in [0.25, 0.3) is 0 Å². The molecule has 1 aliphatic carbocycles. The lowest BCUT2D eigenvalue weighted by molar-refractivity contribution is -0.150. The van der Waals surface area contributed by atoms with Crippen molar-refractivity contribution in [2.24, 2.45) is 0 Å². The maximum atomic E-state index is 13.0. The number of hydrogen-bond donors (Lipinski definition) is 0. The summed E-state index contributed by atoms with van der Waals surface area (Å²) in [5, 5.41) is 4.20. The molecule has 1 amide bonds. The molecule has 0 bridgehead atoms. The van der Waals surface area contributed by atoms with E-state index in [1.54, 1.807) is 12.7 Å². The third-order valence-electron chi connectivity index (χ3n) is 5.75. The molecule has 3 fully saturated rings. The summed E-state index contributed by atoms with van der Waals surface area (Å²) >= 11 is 0. The Kier molecular flexibility index (Phi) is 4.80. The number of carbonyl (C=O) groups excluding carboxylic acids is 1. The topological polar surface area (TPSA) is 63.5 Å². The van der Waals surface area contributed by atoms with Crippen molar-refractivity contribution in [3.63, 3.8) is 0 Å². The molecule has 3 heterocycles. The predicted molar refractivity (Wildman–Crippen MR) is 88.3 cm³/mol. The minimum Gasteiger partial charge on any atom is -0.374 e. The molecule has 0 aromatic carbocycles. The zero-order valence-electron chi connectivity index (χ0n) is 14.2. The molecule has 132 valence electrons. The average Bonchev–Trinajstić information content (AvgIpc) is 3.27. The van der Waals surface area contributed by atoms with Crippen LogP contribution in [0, 0.1) is 0 Å². The first-order valence-corrected chi connectivity index (χ1v) is 9.29. The zero-order valence-corrected chi connectivity index (χ0v) is 14.2. The lowest BCUT2D eigenvalue weighted by Crippen LogP contribution is -2.57. The van der Waals surface area contributed by atoms with E-state index in [0.717, 1.165) is 45.3 Å². The lowest BCUT2D eigenvalue weighted by Gasteiger charge is -2.44. The Balaban J connectivity index is 1.37. The van der Waals surface area contributed by atoms with Gasteiger partial charge in [-0.15, -0.1) is 0 Å². The van der Waals surface area contributed by atoms with E-state index >= 15 is 0 Å². The Labute approximate surface area is 143 Å². The number of hydrogen-bond acceptors (Lipinski definition) is 5. The number of ether oxygens (including phenoxy) is 1. The molecule has 7 nitrogen and oxygen atoms in total. The van der Waals surface area contributed by atoms with Crippen molar-refractivity contribution < 1.29 is 9.53 Å². The molecule has 2 saturated heterocycles. The van der Waals surface area contributed by atoms with Crippen LogP contribution in [0.4, 0.5) is 0 Å². The van der Waals surface area contributed by atoms with Gasteiger partial charge in [0.15, 0.2) is 0 Å². The van der Waals surface area contributed by atoms with Gasteiger partial charge in [-0.2, -0.15) is 5.10 Å². The summed E-state index contributed by atoms with van der Waals surface area (Å²) in [6, 6.07) is 0.690. The van der Waals surface area contributed by atoms with Crippen LogP contribution in [0.3, 0.4) is 0 Å². The number of likely N-dealkylation sites (tertiary alicyclic amines) is 1. The summed E-state index contributed by atoms with van der Waals surface area (Å²) in [4.78, 5) is 21.4. The monoisotopic (exact) mass is 333 g/mol. The fraction of sp³-hybridized carbons (Fsp3) is 0.824. The maximum absolute atomic E-state index is 13.0. The molecule has 3 atom stereocenters. The Morgan fingerprint density at radius 2 is 2.08 bits per heavy atom. The first-order valence-electron chi connectivity index (χ1n) is 9.29. The highest BCUT2D eigenvalue weighted by Gasteiger charge is 2.38. The zero-order chi connectivity index (χ0) is 16.4. The van der Waals surface area contributed by atoms with Gasteiger partial charge in [0.05, 0.1) is 31.8 Å². The molecule has 3 aliphatic rings. The van der Waals surface area contributed by atoms with Gasteiger partial charge in [-0.25, -0.2) is 4.98 Å². The molecule has 1 aromatic heterocycles. The molecule has 24 heavy (non-hydrogen) atoms.